The predicted molar refractivity (Wildman–Crippen MR) is 72.8 cm³/mol. The van der Waals surface area contributed by atoms with Crippen molar-refractivity contribution in [1.82, 2.24) is 5.32 Å². The third-order valence-electron chi connectivity index (χ3n) is 4.23. The molecule has 3 rings (SSSR count). The van der Waals surface area contributed by atoms with Gasteiger partial charge in [-0.25, -0.2) is 4.79 Å². The van der Waals surface area contributed by atoms with Gasteiger partial charge < -0.3 is 20.0 Å². The van der Waals surface area contributed by atoms with Crippen molar-refractivity contribution < 1.29 is 19.4 Å². The van der Waals surface area contributed by atoms with Crippen molar-refractivity contribution >= 4 is 12.1 Å². The fraction of sp³-hybridized carbons (Fsp3) is 0.375. The molecule has 5 nitrogen and oxygen atoms in total. The number of benzene rings is 1. The number of ether oxygens (including phenoxy) is 1. The number of hydrogen-bond acceptors (Lipinski definition) is 4. The van der Waals surface area contributed by atoms with Gasteiger partial charge >= 0.3 is 6.09 Å². The quantitative estimate of drug-likeness (QED) is 0.832. The molecule has 5 heteroatoms. The predicted octanol–water partition coefficient (Wildman–Crippen LogP) is 0.853. The molecule has 2 aliphatic carbocycles. The molecule has 0 spiro atoms. The number of carboxylic acid groups (broad SMARTS) is 1. The van der Waals surface area contributed by atoms with Gasteiger partial charge in [-0.05, 0) is 23.8 Å². The topological polar surface area (TPSA) is 78.5 Å². The van der Waals surface area contributed by atoms with Crippen molar-refractivity contribution in [2.75, 3.05) is 0 Å². The number of carbonyl (C=O) groups is 2. The van der Waals surface area contributed by atoms with E-state index in [0.717, 1.165) is 12.0 Å². The third kappa shape index (κ3) is 2.77. The molecule has 1 aromatic rings. The number of aliphatic carboxylic acids is 1. The second-order valence-electron chi connectivity index (χ2n) is 5.52. The van der Waals surface area contributed by atoms with Gasteiger partial charge in [0.25, 0.3) is 0 Å². The fourth-order valence-electron chi connectivity index (χ4n) is 3.24. The minimum Gasteiger partial charge on any atom is -0.550 e. The molecule has 0 radical (unpaired) electrons. The highest BCUT2D eigenvalue weighted by atomic mass is 16.5. The normalized spacial score (nSPS) is 29.3. The summed E-state index contributed by atoms with van der Waals surface area (Å²) >= 11 is 0. The summed E-state index contributed by atoms with van der Waals surface area (Å²) in [4.78, 5) is 23.1. The zero-order valence-electron chi connectivity index (χ0n) is 11.4. The molecule has 4 atom stereocenters. The van der Waals surface area contributed by atoms with E-state index in [1.54, 1.807) is 0 Å². The van der Waals surface area contributed by atoms with Crippen LogP contribution < -0.4 is 10.4 Å². The van der Waals surface area contributed by atoms with Gasteiger partial charge in [0, 0.05) is 17.9 Å². The Morgan fingerprint density at radius 3 is 2.62 bits per heavy atom. The Labute approximate surface area is 122 Å². The molecule has 21 heavy (non-hydrogen) atoms. The number of allylic oxidation sites excluding steroid dienone is 1. The Morgan fingerprint density at radius 1 is 1.19 bits per heavy atom. The third-order valence-corrected chi connectivity index (χ3v) is 4.23. The molecule has 1 N–H and O–H groups in total. The lowest BCUT2D eigenvalue weighted by Crippen LogP contribution is -2.49. The number of carbonyl (C=O) groups excluding carboxylic acids is 2. The van der Waals surface area contributed by atoms with Crippen molar-refractivity contribution in [3.8, 4) is 0 Å². The smallest absolute Gasteiger partial charge is 0.407 e. The van der Waals surface area contributed by atoms with Crippen molar-refractivity contribution in [2.45, 2.75) is 19.1 Å². The van der Waals surface area contributed by atoms with Crippen LogP contribution in [0.3, 0.4) is 0 Å². The van der Waals surface area contributed by atoms with Crippen LogP contribution in [0.25, 0.3) is 0 Å². The Hall–Kier alpha value is -2.30. The molecule has 1 aromatic carbocycles. The summed E-state index contributed by atoms with van der Waals surface area (Å²) in [6, 6.07) is 8.89. The monoisotopic (exact) mass is 286 g/mol. The lowest BCUT2D eigenvalue weighted by atomic mass is 9.89. The molecule has 1 fully saturated rings. The van der Waals surface area contributed by atoms with E-state index < -0.39 is 24.0 Å². The summed E-state index contributed by atoms with van der Waals surface area (Å²) in [5.74, 6) is -1.76. The van der Waals surface area contributed by atoms with Crippen LogP contribution >= 0.6 is 0 Å². The first-order chi connectivity index (χ1) is 10.1. The first-order valence-corrected chi connectivity index (χ1v) is 7.01. The fourth-order valence-corrected chi connectivity index (χ4v) is 3.24. The highest BCUT2D eigenvalue weighted by Crippen LogP contribution is 2.43. The molecule has 0 unspecified atom stereocenters. The number of alkyl carbamates (subject to hydrolysis) is 1. The van der Waals surface area contributed by atoms with Crippen LogP contribution in [-0.4, -0.2) is 18.1 Å². The lowest BCUT2D eigenvalue weighted by Gasteiger charge is -2.29. The molecular weight excluding hydrogens is 270 g/mol. The largest absolute Gasteiger partial charge is 0.550 e. The van der Waals surface area contributed by atoms with Crippen LogP contribution in [0.4, 0.5) is 4.79 Å². The van der Waals surface area contributed by atoms with Crippen molar-refractivity contribution in [3.05, 3.63) is 48.0 Å². The van der Waals surface area contributed by atoms with E-state index >= 15 is 0 Å². The van der Waals surface area contributed by atoms with Crippen LogP contribution in [0.15, 0.2) is 42.5 Å². The van der Waals surface area contributed by atoms with E-state index in [1.165, 1.54) is 0 Å². The van der Waals surface area contributed by atoms with Crippen molar-refractivity contribution in [2.24, 2.45) is 17.8 Å². The van der Waals surface area contributed by atoms with E-state index in [4.69, 9.17) is 4.74 Å². The summed E-state index contributed by atoms with van der Waals surface area (Å²) in [6.07, 6.45) is 4.03. The van der Waals surface area contributed by atoms with Gasteiger partial charge in [0.15, 0.2) is 0 Å². The summed E-state index contributed by atoms with van der Waals surface area (Å²) in [7, 11) is 0. The number of hydrogen-bond donors (Lipinski definition) is 1. The molecule has 2 aliphatic rings. The van der Waals surface area contributed by atoms with E-state index in [-0.39, 0.29) is 18.4 Å². The lowest BCUT2D eigenvalue weighted by molar-refractivity contribution is -0.313. The van der Waals surface area contributed by atoms with E-state index in [1.807, 2.05) is 42.5 Å². The Balaban J connectivity index is 1.57. The SMILES string of the molecule is O=C(N[C@H]1[C@@H](C(=O)[O-])[C@@H]2C=C[C@@H]1C2)OCc1ccccc1. The zero-order valence-corrected chi connectivity index (χ0v) is 11.4. The van der Waals surface area contributed by atoms with Crippen molar-refractivity contribution in [3.63, 3.8) is 0 Å². The zero-order chi connectivity index (χ0) is 14.8. The second-order valence-corrected chi connectivity index (χ2v) is 5.52. The van der Waals surface area contributed by atoms with Crippen LogP contribution in [0, 0.1) is 17.8 Å². The van der Waals surface area contributed by atoms with Gasteiger partial charge in [-0.15, -0.1) is 0 Å². The highest BCUT2D eigenvalue weighted by molar-refractivity contribution is 5.74. The van der Waals surface area contributed by atoms with Crippen molar-refractivity contribution in [1.29, 1.82) is 0 Å². The number of nitrogens with one attached hydrogen (secondary N) is 1. The van der Waals surface area contributed by atoms with Gasteiger partial charge in [0.2, 0.25) is 0 Å². The molecule has 110 valence electrons. The summed E-state index contributed by atoms with van der Waals surface area (Å²) in [5, 5.41) is 13.9. The molecule has 0 heterocycles. The van der Waals surface area contributed by atoms with Crippen LogP contribution in [0.1, 0.15) is 12.0 Å². The number of fused-ring (bicyclic) bond motifs is 2. The number of amides is 1. The maximum absolute atomic E-state index is 11.8. The maximum Gasteiger partial charge on any atom is 0.407 e. The van der Waals surface area contributed by atoms with Gasteiger partial charge in [-0.1, -0.05) is 42.5 Å². The second kappa shape index (κ2) is 5.60. The van der Waals surface area contributed by atoms with Crippen LogP contribution in [-0.2, 0) is 16.1 Å². The molecule has 0 aromatic heterocycles. The van der Waals surface area contributed by atoms with E-state index in [9.17, 15) is 14.7 Å². The average molecular weight is 286 g/mol. The Morgan fingerprint density at radius 2 is 1.90 bits per heavy atom. The summed E-state index contributed by atoms with van der Waals surface area (Å²) < 4.78 is 5.14. The Kier molecular flexibility index (Phi) is 3.64. The summed E-state index contributed by atoms with van der Waals surface area (Å²) in [5.41, 5.74) is 0.886. The molecule has 0 saturated heterocycles. The first-order valence-electron chi connectivity index (χ1n) is 7.01. The van der Waals surface area contributed by atoms with Gasteiger partial charge in [0.05, 0.1) is 0 Å². The molecule has 1 amide bonds. The van der Waals surface area contributed by atoms with Gasteiger partial charge in [-0.3, -0.25) is 0 Å². The molecule has 1 saturated carbocycles. The van der Waals surface area contributed by atoms with E-state index in [0.29, 0.717) is 0 Å². The Bertz CT molecular complexity index is 569. The summed E-state index contributed by atoms with van der Waals surface area (Å²) in [6.45, 7) is 0.166. The average Bonchev–Trinajstić information content (AvgIpc) is 3.07. The highest BCUT2D eigenvalue weighted by Gasteiger charge is 2.46. The maximum atomic E-state index is 11.8. The number of rotatable bonds is 4. The molecular formula is C16H16NO4-. The molecule has 2 bridgehead atoms. The first kappa shape index (κ1) is 13.7. The van der Waals surface area contributed by atoms with Crippen LogP contribution in [0.5, 0.6) is 0 Å². The van der Waals surface area contributed by atoms with E-state index in [2.05, 4.69) is 5.32 Å². The minimum absolute atomic E-state index is 0.0422. The number of carboxylic acids is 1. The van der Waals surface area contributed by atoms with Gasteiger partial charge in [-0.2, -0.15) is 0 Å². The molecule has 0 aliphatic heterocycles. The van der Waals surface area contributed by atoms with Crippen LogP contribution in [0.2, 0.25) is 0 Å². The standard InChI is InChI=1S/C16H17NO4/c18-15(19)13-11-6-7-12(8-11)14(13)17-16(20)21-9-10-4-2-1-3-5-10/h1-7,11-14H,8-9H2,(H,17,20)(H,18,19)/p-1/t11-,12-,13+,14-/m1/s1. The van der Waals surface area contributed by atoms with Gasteiger partial charge in [0.1, 0.15) is 6.61 Å². The minimum atomic E-state index is -1.11.